The molecule has 13 heteroatoms. The van der Waals surface area contributed by atoms with Crippen LogP contribution in [-0.4, -0.2) is 83.2 Å². The van der Waals surface area contributed by atoms with Crippen molar-refractivity contribution < 1.29 is 34.4 Å². The van der Waals surface area contributed by atoms with Crippen molar-refractivity contribution in [2.24, 2.45) is 0 Å². The highest BCUT2D eigenvalue weighted by atomic mass is 32.2. The lowest BCUT2D eigenvalue weighted by molar-refractivity contribution is 0.278. The molecule has 0 atom stereocenters. The maximum atomic E-state index is 10.9. The minimum atomic E-state index is -4.08. The fraction of sp³-hybridized carbons (Fsp3) is 1.00. The topological polar surface area (TPSA) is 158 Å². The van der Waals surface area contributed by atoms with E-state index in [2.05, 4.69) is 4.72 Å². The smallest absolute Gasteiger partial charge is 0.264 e. The van der Waals surface area contributed by atoms with Crippen LogP contribution in [0.25, 0.3) is 0 Å². The molecule has 0 rings (SSSR count). The summed E-state index contributed by atoms with van der Waals surface area (Å²) in [4.78, 5) is 1.65. The van der Waals surface area contributed by atoms with E-state index in [9.17, 15) is 25.3 Å². The van der Waals surface area contributed by atoms with Gasteiger partial charge >= 0.3 is 0 Å². The van der Waals surface area contributed by atoms with Crippen molar-refractivity contribution in [1.82, 2.24) is 9.62 Å². The van der Waals surface area contributed by atoms with Crippen molar-refractivity contribution in [2.75, 3.05) is 43.9 Å². The number of hydrogen-bond donors (Lipinski definition) is 3. The molecule has 0 saturated heterocycles. The molecular weight excluding hydrogens is 360 g/mol. The van der Waals surface area contributed by atoms with E-state index >= 15 is 0 Å². The molecule has 0 aliphatic heterocycles. The summed E-state index contributed by atoms with van der Waals surface area (Å²) in [5, 5.41) is 0. The summed E-state index contributed by atoms with van der Waals surface area (Å²) in [6.45, 7) is 0.786. The van der Waals surface area contributed by atoms with E-state index in [4.69, 9.17) is 9.11 Å². The second kappa shape index (κ2) is 9.10. The Balaban J connectivity index is 4.35. The van der Waals surface area contributed by atoms with Gasteiger partial charge in [0.1, 0.15) is 0 Å². The van der Waals surface area contributed by atoms with E-state index in [1.807, 2.05) is 0 Å². The number of sulfonamides is 1. The average molecular weight is 382 g/mol. The van der Waals surface area contributed by atoms with E-state index in [1.165, 1.54) is 0 Å². The van der Waals surface area contributed by atoms with Gasteiger partial charge < -0.3 is 4.90 Å². The Hall–Kier alpha value is -0.310. The predicted molar refractivity (Wildman–Crippen MR) is 81.4 cm³/mol. The van der Waals surface area contributed by atoms with Gasteiger partial charge in [0.25, 0.3) is 20.2 Å². The fourth-order valence-electron chi connectivity index (χ4n) is 1.67. The maximum Gasteiger partial charge on any atom is 0.264 e. The highest BCUT2D eigenvalue weighted by molar-refractivity contribution is 7.88. The molecule has 0 spiro atoms. The molecule has 10 nitrogen and oxygen atoms in total. The lowest BCUT2D eigenvalue weighted by Gasteiger charge is -2.21. The molecular formula is C9H22N2O8S3. The Labute approximate surface area is 131 Å². The van der Waals surface area contributed by atoms with Gasteiger partial charge in [0.15, 0.2) is 0 Å². The molecule has 0 bridgehead atoms. The SMILES string of the molecule is CS(=O)(=O)NCCN(CCCS(=O)(=O)O)CCCS(=O)(=O)O. The Kier molecular flexibility index (Phi) is 8.97. The molecule has 0 amide bonds. The van der Waals surface area contributed by atoms with Crippen LogP contribution in [0.2, 0.25) is 0 Å². The molecule has 0 aliphatic carbocycles. The lowest BCUT2D eigenvalue weighted by Crippen LogP contribution is -2.36. The third-order valence-corrected chi connectivity index (χ3v) is 4.88. The van der Waals surface area contributed by atoms with E-state index in [-0.39, 0.29) is 39.0 Å². The first-order valence-corrected chi connectivity index (χ1v) is 11.5. The van der Waals surface area contributed by atoms with Crippen LogP contribution < -0.4 is 4.72 Å². The van der Waals surface area contributed by atoms with Gasteiger partial charge in [0, 0.05) is 13.1 Å². The Morgan fingerprint density at radius 2 is 1.23 bits per heavy atom. The predicted octanol–water partition coefficient (Wildman–Crippen LogP) is -1.61. The molecule has 0 heterocycles. The second-order valence-electron chi connectivity index (χ2n) is 4.79. The molecule has 0 radical (unpaired) electrons. The van der Waals surface area contributed by atoms with Crippen LogP contribution in [-0.2, 0) is 30.3 Å². The van der Waals surface area contributed by atoms with E-state index in [0.29, 0.717) is 0 Å². The van der Waals surface area contributed by atoms with Crippen molar-refractivity contribution in [1.29, 1.82) is 0 Å². The van der Waals surface area contributed by atoms with Gasteiger partial charge in [0.05, 0.1) is 17.8 Å². The standard InChI is InChI=1S/C9H22N2O8S3/c1-20(12,13)10-4-7-11(5-2-8-21(14,15)16)6-3-9-22(17,18)19/h10H,2-9H2,1H3,(H,14,15,16)(H,17,18,19). The van der Waals surface area contributed by atoms with Crippen LogP contribution in [0.15, 0.2) is 0 Å². The lowest BCUT2D eigenvalue weighted by atomic mass is 10.3. The van der Waals surface area contributed by atoms with Gasteiger partial charge in [0.2, 0.25) is 10.0 Å². The highest BCUT2D eigenvalue weighted by Gasteiger charge is 2.11. The number of nitrogens with zero attached hydrogens (tertiary/aromatic N) is 1. The Bertz CT molecular complexity index is 535. The quantitative estimate of drug-likeness (QED) is 0.338. The summed E-state index contributed by atoms with van der Waals surface area (Å²) in [5.74, 6) is -0.886. The summed E-state index contributed by atoms with van der Waals surface area (Å²) in [6, 6.07) is 0. The largest absolute Gasteiger partial charge is 0.302 e. The van der Waals surface area contributed by atoms with Crippen molar-refractivity contribution in [2.45, 2.75) is 12.8 Å². The first-order chi connectivity index (χ1) is 9.79. The van der Waals surface area contributed by atoms with Gasteiger partial charge in [-0.15, -0.1) is 0 Å². The minimum Gasteiger partial charge on any atom is -0.302 e. The van der Waals surface area contributed by atoms with Gasteiger partial charge in [-0.25, -0.2) is 13.1 Å². The molecule has 0 aromatic rings. The van der Waals surface area contributed by atoms with Gasteiger partial charge in [-0.1, -0.05) is 0 Å². The maximum absolute atomic E-state index is 10.9. The molecule has 0 aromatic carbocycles. The molecule has 0 saturated carbocycles. The summed E-state index contributed by atoms with van der Waals surface area (Å²) < 4.78 is 84.0. The number of hydrogen-bond acceptors (Lipinski definition) is 7. The van der Waals surface area contributed by atoms with Crippen molar-refractivity contribution in [3.8, 4) is 0 Å². The monoisotopic (exact) mass is 382 g/mol. The zero-order chi connectivity index (χ0) is 17.4. The van der Waals surface area contributed by atoms with Crippen LogP contribution in [0, 0.1) is 0 Å². The molecule has 3 N–H and O–H groups in total. The molecule has 0 unspecified atom stereocenters. The molecule has 0 aliphatic rings. The van der Waals surface area contributed by atoms with Crippen LogP contribution in [0.3, 0.4) is 0 Å². The Morgan fingerprint density at radius 3 is 1.55 bits per heavy atom. The summed E-state index contributed by atoms with van der Waals surface area (Å²) in [6.07, 6.45) is 1.22. The van der Waals surface area contributed by atoms with Crippen molar-refractivity contribution in [3.05, 3.63) is 0 Å². The van der Waals surface area contributed by atoms with E-state index in [0.717, 1.165) is 6.26 Å². The first-order valence-electron chi connectivity index (χ1n) is 6.36. The Morgan fingerprint density at radius 1 is 0.818 bits per heavy atom. The van der Waals surface area contributed by atoms with Gasteiger partial charge in [-0.2, -0.15) is 16.8 Å². The van der Waals surface area contributed by atoms with Crippen LogP contribution in [0.4, 0.5) is 0 Å². The normalized spacial score (nSPS) is 13.6. The first kappa shape index (κ1) is 21.7. The molecule has 22 heavy (non-hydrogen) atoms. The minimum absolute atomic E-state index is 0.0799. The van der Waals surface area contributed by atoms with Crippen molar-refractivity contribution in [3.63, 3.8) is 0 Å². The number of nitrogens with one attached hydrogen (secondary N) is 1. The zero-order valence-electron chi connectivity index (χ0n) is 12.2. The molecule has 134 valence electrons. The van der Waals surface area contributed by atoms with Gasteiger partial charge in [-0.3, -0.25) is 9.11 Å². The summed E-state index contributed by atoms with van der Waals surface area (Å²) in [7, 11) is -11.5. The summed E-state index contributed by atoms with van der Waals surface area (Å²) in [5.41, 5.74) is 0. The zero-order valence-corrected chi connectivity index (χ0v) is 14.6. The average Bonchev–Trinajstić information content (AvgIpc) is 2.23. The molecule has 0 aromatic heterocycles. The highest BCUT2D eigenvalue weighted by Crippen LogP contribution is 1.98. The fourth-order valence-corrected chi connectivity index (χ4v) is 3.12. The van der Waals surface area contributed by atoms with Crippen LogP contribution >= 0.6 is 0 Å². The van der Waals surface area contributed by atoms with Gasteiger partial charge in [-0.05, 0) is 25.9 Å². The molecule has 0 fully saturated rings. The van der Waals surface area contributed by atoms with E-state index < -0.39 is 41.8 Å². The van der Waals surface area contributed by atoms with Crippen LogP contribution in [0.1, 0.15) is 12.8 Å². The third kappa shape index (κ3) is 16.1. The number of rotatable bonds is 12. The van der Waals surface area contributed by atoms with Crippen molar-refractivity contribution >= 4 is 30.3 Å². The second-order valence-corrected chi connectivity index (χ2v) is 9.76. The summed E-state index contributed by atoms with van der Waals surface area (Å²) >= 11 is 0. The third-order valence-electron chi connectivity index (χ3n) is 2.55. The van der Waals surface area contributed by atoms with Crippen LogP contribution in [0.5, 0.6) is 0 Å². The van der Waals surface area contributed by atoms with E-state index in [1.54, 1.807) is 4.90 Å².